The number of amides is 2. The summed E-state index contributed by atoms with van der Waals surface area (Å²) >= 11 is 0. The van der Waals surface area contributed by atoms with E-state index in [0.29, 0.717) is 17.9 Å². The zero-order valence-electron chi connectivity index (χ0n) is 20.1. The van der Waals surface area contributed by atoms with Gasteiger partial charge in [0, 0.05) is 17.7 Å². The molecule has 0 radical (unpaired) electrons. The Hall–Kier alpha value is -4.25. The Balaban J connectivity index is 1.10. The SMILES string of the molecule is O=C(/C=C/c1ccc(OCCCCCCc2ccc(N3C(=O)C=CC3=O)cc2)cc1)c1ccccc1. The maximum Gasteiger partial charge on any atom is 0.258 e. The molecule has 0 aromatic heterocycles. The number of hydrogen-bond acceptors (Lipinski definition) is 4. The molecule has 3 aromatic carbocycles. The van der Waals surface area contributed by atoms with E-state index in [9.17, 15) is 14.4 Å². The second-order valence-electron chi connectivity index (χ2n) is 8.66. The van der Waals surface area contributed by atoms with E-state index in [4.69, 9.17) is 4.74 Å². The molecule has 0 saturated carbocycles. The summed E-state index contributed by atoms with van der Waals surface area (Å²) in [4.78, 5) is 36.9. The van der Waals surface area contributed by atoms with Crippen molar-refractivity contribution in [3.63, 3.8) is 0 Å². The molecular weight excluding hydrogens is 450 g/mol. The lowest BCUT2D eigenvalue weighted by Crippen LogP contribution is -2.29. The van der Waals surface area contributed by atoms with Crippen LogP contribution in [-0.4, -0.2) is 24.2 Å². The molecule has 2 amide bonds. The van der Waals surface area contributed by atoms with Crippen molar-refractivity contribution in [2.45, 2.75) is 32.1 Å². The smallest absolute Gasteiger partial charge is 0.258 e. The van der Waals surface area contributed by atoms with Crippen molar-refractivity contribution in [3.8, 4) is 5.75 Å². The first-order valence-corrected chi connectivity index (χ1v) is 12.3. The van der Waals surface area contributed by atoms with Crippen LogP contribution >= 0.6 is 0 Å². The molecule has 4 rings (SSSR count). The van der Waals surface area contributed by atoms with Gasteiger partial charge in [-0.1, -0.05) is 73.5 Å². The number of aryl methyl sites for hydroxylation is 1. The fraction of sp³-hybridized carbons (Fsp3) is 0.194. The normalized spacial score (nSPS) is 13.1. The maximum absolute atomic E-state index is 12.2. The second-order valence-corrected chi connectivity index (χ2v) is 8.66. The zero-order chi connectivity index (χ0) is 25.2. The minimum absolute atomic E-state index is 0.0134. The predicted octanol–water partition coefficient (Wildman–Crippen LogP) is 6.19. The number of unbranched alkanes of at least 4 members (excludes halogenated alkanes) is 3. The standard InChI is InChI=1S/C31H29NO4/c33-29(26-9-5-3-6-10-26)20-15-25-13-18-28(19-14-25)36-23-7-2-1-4-8-24-11-16-27(17-12-24)32-30(34)21-22-31(32)35/h3,5-6,9-22H,1-2,4,7-8,23H2/b20-15+. The number of rotatable bonds is 12. The van der Waals surface area contributed by atoms with Gasteiger partial charge >= 0.3 is 0 Å². The molecule has 0 spiro atoms. The molecule has 0 atom stereocenters. The molecule has 0 fully saturated rings. The number of hydrogen-bond donors (Lipinski definition) is 0. The Morgan fingerprint density at radius 2 is 1.42 bits per heavy atom. The molecule has 1 heterocycles. The predicted molar refractivity (Wildman–Crippen MR) is 142 cm³/mol. The minimum atomic E-state index is -0.293. The summed E-state index contributed by atoms with van der Waals surface area (Å²) in [5.74, 6) is 0.225. The average molecular weight is 480 g/mol. The van der Waals surface area contributed by atoms with Crippen molar-refractivity contribution in [2.75, 3.05) is 11.5 Å². The van der Waals surface area contributed by atoms with Crippen molar-refractivity contribution in [1.82, 2.24) is 0 Å². The van der Waals surface area contributed by atoms with Gasteiger partial charge in [0.1, 0.15) is 5.75 Å². The summed E-state index contributed by atoms with van der Waals surface area (Å²) in [5.41, 5.74) is 3.44. The van der Waals surface area contributed by atoms with Crippen molar-refractivity contribution in [2.24, 2.45) is 0 Å². The molecule has 36 heavy (non-hydrogen) atoms. The lowest BCUT2D eigenvalue weighted by molar-refractivity contribution is -0.119. The lowest BCUT2D eigenvalue weighted by atomic mass is 10.1. The van der Waals surface area contributed by atoms with Crippen LogP contribution in [0.25, 0.3) is 6.08 Å². The number of allylic oxidation sites excluding steroid dienone is 1. The minimum Gasteiger partial charge on any atom is -0.494 e. The highest BCUT2D eigenvalue weighted by Crippen LogP contribution is 2.20. The van der Waals surface area contributed by atoms with Crippen molar-refractivity contribution in [1.29, 1.82) is 0 Å². The Kier molecular flexibility index (Phi) is 8.60. The van der Waals surface area contributed by atoms with E-state index >= 15 is 0 Å². The molecule has 0 unspecified atom stereocenters. The van der Waals surface area contributed by atoms with Crippen LogP contribution in [-0.2, 0) is 16.0 Å². The van der Waals surface area contributed by atoms with Crippen LogP contribution in [0.2, 0.25) is 0 Å². The summed E-state index contributed by atoms with van der Waals surface area (Å²) in [7, 11) is 0. The van der Waals surface area contributed by atoms with E-state index in [0.717, 1.165) is 43.4 Å². The third-order valence-corrected chi connectivity index (χ3v) is 6.00. The highest BCUT2D eigenvalue weighted by atomic mass is 16.5. The highest BCUT2D eigenvalue weighted by molar-refractivity contribution is 6.28. The molecule has 0 N–H and O–H groups in total. The van der Waals surface area contributed by atoms with Gasteiger partial charge in [0.05, 0.1) is 12.3 Å². The largest absolute Gasteiger partial charge is 0.494 e. The first-order chi connectivity index (χ1) is 17.6. The topological polar surface area (TPSA) is 63.7 Å². The van der Waals surface area contributed by atoms with E-state index in [1.54, 1.807) is 6.08 Å². The summed E-state index contributed by atoms with van der Waals surface area (Å²) < 4.78 is 5.84. The van der Waals surface area contributed by atoms with Crippen LogP contribution in [0.4, 0.5) is 5.69 Å². The number of ether oxygens (including phenoxy) is 1. The number of ketones is 1. The van der Waals surface area contributed by atoms with Gasteiger partial charge < -0.3 is 4.74 Å². The van der Waals surface area contributed by atoms with Gasteiger partial charge in [0.15, 0.2) is 5.78 Å². The van der Waals surface area contributed by atoms with Crippen molar-refractivity contribution < 1.29 is 19.1 Å². The molecule has 5 nitrogen and oxygen atoms in total. The Morgan fingerprint density at radius 3 is 2.11 bits per heavy atom. The number of carbonyl (C=O) groups is 3. The molecule has 0 saturated heterocycles. The van der Waals surface area contributed by atoms with Gasteiger partial charge in [-0.05, 0) is 60.7 Å². The van der Waals surface area contributed by atoms with Crippen LogP contribution < -0.4 is 9.64 Å². The Morgan fingerprint density at radius 1 is 0.750 bits per heavy atom. The maximum atomic E-state index is 12.2. The fourth-order valence-electron chi connectivity index (χ4n) is 3.99. The molecule has 1 aliphatic heterocycles. The van der Waals surface area contributed by atoms with Crippen molar-refractivity contribution >= 4 is 29.4 Å². The molecular formula is C31H29NO4. The van der Waals surface area contributed by atoms with Crippen LogP contribution in [0.1, 0.15) is 47.2 Å². The Labute approximate surface area is 211 Å². The second kappa shape index (κ2) is 12.5. The van der Waals surface area contributed by atoms with E-state index in [-0.39, 0.29) is 17.6 Å². The summed E-state index contributed by atoms with van der Waals surface area (Å²) in [6, 6.07) is 24.6. The molecule has 0 bridgehead atoms. The van der Waals surface area contributed by atoms with Crippen molar-refractivity contribution in [3.05, 3.63) is 114 Å². The number of carbonyl (C=O) groups excluding carboxylic acids is 3. The van der Waals surface area contributed by atoms with Crippen LogP contribution in [0.3, 0.4) is 0 Å². The lowest BCUT2D eigenvalue weighted by Gasteiger charge is -2.14. The number of anilines is 1. The van der Waals surface area contributed by atoms with Crippen LogP contribution in [0, 0.1) is 0 Å². The van der Waals surface area contributed by atoms with E-state index < -0.39 is 0 Å². The van der Waals surface area contributed by atoms with E-state index in [1.165, 1.54) is 22.6 Å². The average Bonchev–Trinajstić information content (AvgIpc) is 3.25. The van der Waals surface area contributed by atoms with Gasteiger partial charge in [0.2, 0.25) is 0 Å². The number of benzene rings is 3. The molecule has 5 heteroatoms. The zero-order valence-corrected chi connectivity index (χ0v) is 20.1. The first-order valence-electron chi connectivity index (χ1n) is 12.3. The Bertz CT molecular complexity index is 1220. The molecule has 0 aliphatic carbocycles. The third-order valence-electron chi connectivity index (χ3n) is 6.00. The molecule has 1 aliphatic rings. The van der Waals surface area contributed by atoms with Gasteiger partial charge in [0.25, 0.3) is 11.8 Å². The van der Waals surface area contributed by atoms with Crippen LogP contribution in [0.15, 0.2) is 97.1 Å². The van der Waals surface area contributed by atoms with E-state index in [2.05, 4.69) is 0 Å². The van der Waals surface area contributed by atoms with Gasteiger partial charge in [-0.3, -0.25) is 14.4 Å². The molecule has 182 valence electrons. The summed E-state index contributed by atoms with van der Waals surface area (Å²) in [5, 5.41) is 0. The summed E-state index contributed by atoms with van der Waals surface area (Å²) in [6.07, 6.45) is 11.2. The highest BCUT2D eigenvalue weighted by Gasteiger charge is 2.24. The molecule has 3 aromatic rings. The number of nitrogens with zero attached hydrogens (tertiary/aromatic N) is 1. The fourth-order valence-corrected chi connectivity index (χ4v) is 3.99. The van der Waals surface area contributed by atoms with Crippen LogP contribution in [0.5, 0.6) is 5.75 Å². The monoisotopic (exact) mass is 479 g/mol. The quantitative estimate of drug-likeness (QED) is 0.134. The van der Waals surface area contributed by atoms with Gasteiger partial charge in [-0.2, -0.15) is 0 Å². The van der Waals surface area contributed by atoms with Gasteiger partial charge in [-0.15, -0.1) is 0 Å². The van der Waals surface area contributed by atoms with E-state index in [1.807, 2.05) is 84.9 Å². The number of imide groups is 1. The summed E-state index contributed by atoms with van der Waals surface area (Å²) in [6.45, 7) is 0.669. The third kappa shape index (κ3) is 6.89. The van der Waals surface area contributed by atoms with Gasteiger partial charge in [-0.25, -0.2) is 4.90 Å². The first kappa shape index (κ1) is 24.9.